The van der Waals surface area contributed by atoms with Gasteiger partial charge in [0.15, 0.2) is 6.23 Å². The van der Waals surface area contributed by atoms with Crippen LogP contribution in [-0.2, 0) is 13.8 Å². The van der Waals surface area contributed by atoms with Crippen LogP contribution in [0.4, 0.5) is 5.82 Å². The molecule has 1 unspecified atom stereocenters. The highest BCUT2D eigenvalue weighted by Gasteiger charge is 2.37. The molecule has 0 aromatic carbocycles. The van der Waals surface area contributed by atoms with Crippen molar-refractivity contribution >= 4 is 30.8 Å². The van der Waals surface area contributed by atoms with Crippen molar-refractivity contribution in [3.05, 3.63) is 12.0 Å². The van der Waals surface area contributed by atoms with Gasteiger partial charge in [0.1, 0.15) is 22.6 Å². The Kier molecular flexibility index (Phi) is 4.63. The number of imidazole rings is 1. The first-order valence-corrected chi connectivity index (χ1v) is 7.78. The lowest BCUT2D eigenvalue weighted by molar-refractivity contribution is -0.0489. The van der Waals surface area contributed by atoms with E-state index < -0.39 is 26.3 Å². The molecule has 0 radical (unpaired) electrons. The van der Waals surface area contributed by atoms with Crippen LogP contribution < -0.4 is 11.5 Å². The van der Waals surface area contributed by atoms with E-state index in [0.29, 0.717) is 0 Å². The number of aliphatic hydroxyl groups is 1. The number of rotatable bonds is 5. The molecule has 1 aromatic rings. The zero-order chi connectivity index (χ0) is 15.8. The number of ether oxygens (including phenoxy) is 1. The molecule has 1 fully saturated rings. The molecule has 118 valence electrons. The van der Waals surface area contributed by atoms with Crippen molar-refractivity contribution in [1.29, 1.82) is 0 Å². The van der Waals surface area contributed by atoms with Crippen LogP contribution in [-0.4, -0.2) is 48.2 Å². The summed E-state index contributed by atoms with van der Waals surface area (Å²) >= 11 is 4.78. The third-order valence-corrected chi connectivity index (χ3v) is 3.61. The van der Waals surface area contributed by atoms with Gasteiger partial charge in [0.25, 0.3) is 0 Å². The highest BCUT2D eigenvalue weighted by Crippen LogP contribution is 2.38. The Balaban J connectivity index is 2.08. The molecule has 0 aliphatic carbocycles. The van der Waals surface area contributed by atoms with E-state index in [0.717, 1.165) is 0 Å². The van der Waals surface area contributed by atoms with E-state index in [1.807, 2.05) is 0 Å². The van der Waals surface area contributed by atoms with Crippen LogP contribution in [0.3, 0.4) is 0 Å². The van der Waals surface area contributed by atoms with Crippen molar-refractivity contribution in [3.8, 4) is 0 Å². The Morgan fingerprint density at radius 1 is 1.67 bits per heavy atom. The summed E-state index contributed by atoms with van der Waals surface area (Å²) in [5.41, 5.74) is 11.5. The Hall–Kier alpha value is -1.07. The van der Waals surface area contributed by atoms with Gasteiger partial charge in [-0.1, -0.05) is 12.2 Å². The molecular formula is C9H15N4O6PS. The van der Waals surface area contributed by atoms with E-state index in [-0.39, 0.29) is 29.5 Å². The molecular weight excluding hydrogens is 323 g/mol. The Bertz CT molecular complexity index is 589. The molecule has 2 heterocycles. The van der Waals surface area contributed by atoms with Crippen LogP contribution in [0.15, 0.2) is 6.33 Å². The molecule has 7 N–H and O–H groups in total. The van der Waals surface area contributed by atoms with Gasteiger partial charge < -0.3 is 31.1 Å². The molecule has 1 aliphatic heterocycles. The van der Waals surface area contributed by atoms with Crippen LogP contribution in [0.25, 0.3) is 0 Å². The van der Waals surface area contributed by atoms with Gasteiger partial charge in [0.05, 0.1) is 19.0 Å². The second kappa shape index (κ2) is 5.97. The Labute approximate surface area is 124 Å². The molecule has 21 heavy (non-hydrogen) atoms. The number of thiocarbonyl (C=S) groups is 1. The van der Waals surface area contributed by atoms with Crippen LogP contribution in [0.2, 0.25) is 0 Å². The van der Waals surface area contributed by atoms with Gasteiger partial charge in [-0.3, -0.25) is 9.09 Å². The van der Waals surface area contributed by atoms with Crippen molar-refractivity contribution in [2.75, 3.05) is 12.3 Å². The summed E-state index contributed by atoms with van der Waals surface area (Å²) in [7, 11) is -4.59. The summed E-state index contributed by atoms with van der Waals surface area (Å²) < 4.78 is 21.8. The minimum absolute atomic E-state index is 0.0140. The highest BCUT2D eigenvalue weighted by molar-refractivity contribution is 7.80. The number of nitrogen functional groups attached to an aromatic ring is 1. The smallest absolute Gasteiger partial charge is 0.388 e. The summed E-state index contributed by atoms with van der Waals surface area (Å²) in [5.74, 6) is 0.142. The first-order valence-electron chi connectivity index (χ1n) is 5.84. The standard InChI is InChI=1S/C9H15N4O6PS/c10-7-6(8(11)21)12-3-13(7)9-5(14)1-4(19-9)2-18-20(15,16)17/h3-5,9,14H,1-2,10H2,(H2,11,21)(H2,15,16,17)/t4?,5-,9-/m1/s1. The first-order chi connectivity index (χ1) is 9.69. The summed E-state index contributed by atoms with van der Waals surface area (Å²) in [4.78, 5) is 21.2. The predicted molar refractivity (Wildman–Crippen MR) is 75.1 cm³/mol. The van der Waals surface area contributed by atoms with E-state index in [4.69, 9.17) is 38.2 Å². The van der Waals surface area contributed by atoms with Crippen LogP contribution in [0.1, 0.15) is 18.3 Å². The van der Waals surface area contributed by atoms with E-state index in [1.54, 1.807) is 0 Å². The minimum atomic E-state index is -4.59. The maximum Gasteiger partial charge on any atom is 0.469 e. The van der Waals surface area contributed by atoms with E-state index in [9.17, 15) is 9.67 Å². The number of hydrogen-bond acceptors (Lipinski definition) is 7. The summed E-state index contributed by atoms with van der Waals surface area (Å²) in [5, 5.41) is 9.97. The molecule has 1 saturated heterocycles. The van der Waals surface area contributed by atoms with Crippen LogP contribution in [0.5, 0.6) is 0 Å². The van der Waals surface area contributed by atoms with Crippen molar-refractivity contribution < 1.29 is 28.7 Å². The molecule has 1 aliphatic rings. The molecule has 0 saturated carbocycles. The number of hydrogen-bond donors (Lipinski definition) is 5. The molecule has 2 rings (SSSR count). The lowest BCUT2D eigenvalue weighted by Crippen LogP contribution is -2.21. The molecule has 0 amide bonds. The maximum absolute atomic E-state index is 10.6. The maximum atomic E-state index is 10.6. The van der Waals surface area contributed by atoms with E-state index >= 15 is 0 Å². The lowest BCUT2D eigenvalue weighted by Gasteiger charge is -2.18. The van der Waals surface area contributed by atoms with Gasteiger partial charge in [0, 0.05) is 6.42 Å². The van der Waals surface area contributed by atoms with Crippen molar-refractivity contribution in [2.24, 2.45) is 5.73 Å². The second-order valence-corrected chi connectivity index (χ2v) is 6.17. The van der Waals surface area contributed by atoms with Gasteiger partial charge in [-0.05, 0) is 0 Å². The number of aromatic nitrogens is 2. The molecule has 12 heteroatoms. The number of nitrogens with zero attached hydrogens (tertiary/aromatic N) is 2. The predicted octanol–water partition coefficient (Wildman–Crippen LogP) is -1.14. The lowest BCUT2D eigenvalue weighted by atomic mass is 10.2. The number of phosphoric acid groups is 1. The molecule has 10 nitrogen and oxygen atoms in total. The zero-order valence-corrected chi connectivity index (χ0v) is 12.4. The number of nitrogens with two attached hydrogens (primary N) is 2. The Morgan fingerprint density at radius 3 is 2.86 bits per heavy atom. The largest absolute Gasteiger partial charge is 0.469 e. The van der Waals surface area contributed by atoms with Gasteiger partial charge in [0.2, 0.25) is 0 Å². The third-order valence-electron chi connectivity index (χ3n) is 2.93. The van der Waals surface area contributed by atoms with Gasteiger partial charge in [-0.25, -0.2) is 9.55 Å². The highest BCUT2D eigenvalue weighted by atomic mass is 32.1. The number of anilines is 1. The van der Waals surface area contributed by atoms with Gasteiger partial charge >= 0.3 is 7.82 Å². The topological polar surface area (TPSA) is 166 Å². The SMILES string of the molecule is NC(=S)c1ncn([C@@H]2OC(COP(=O)(O)O)C[C@H]2O)c1N. The number of aliphatic hydroxyl groups excluding tert-OH is 1. The second-order valence-electron chi connectivity index (χ2n) is 4.49. The molecule has 0 spiro atoms. The summed E-state index contributed by atoms with van der Waals surface area (Å²) in [6, 6.07) is 0. The quantitative estimate of drug-likeness (QED) is 0.327. The van der Waals surface area contributed by atoms with E-state index in [1.165, 1.54) is 10.9 Å². The average Bonchev–Trinajstić information content (AvgIpc) is 2.89. The van der Waals surface area contributed by atoms with E-state index in [2.05, 4.69) is 9.51 Å². The van der Waals surface area contributed by atoms with Crippen molar-refractivity contribution in [3.63, 3.8) is 0 Å². The molecule has 3 atom stereocenters. The average molecular weight is 338 g/mol. The summed E-state index contributed by atoms with van der Waals surface area (Å²) in [6.07, 6.45) is -1.03. The first kappa shape index (κ1) is 16.3. The van der Waals surface area contributed by atoms with Crippen LogP contribution >= 0.6 is 20.0 Å². The van der Waals surface area contributed by atoms with Crippen molar-refractivity contribution in [1.82, 2.24) is 9.55 Å². The van der Waals surface area contributed by atoms with Gasteiger partial charge in [-0.15, -0.1) is 0 Å². The fourth-order valence-electron chi connectivity index (χ4n) is 2.03. The Morgan fingerprint density at radius 2 is 2.33 bits per heavy atom. The molecule has 1 aromatic heterocycles. The normalized spacial score (nSPS) is 26.1. The summed E-state index contributed by atoms with van der Waals surface area (Å²) in [6.45, 7) is -0.353. The zero-order valence-electron chi connectivity index (χ0n) is 10.7. The fourth-order valence-corrected chi connectivity index (χ4v) is 2.55. The number of phosphoric ester groups is 1. The molecule has 0 bridgehead atoms. The van der Waals surface area contributed by atoms with Gasteiger partial charge in [-0.2, -0.15) is 0 Å². The fraction of sp³-hybridized carbons (Fsp3) is 0.556. The van der Waals surface area contributed by atoms with Crippen molar-refractivity contribution in [2.45, 2.75) is 24.9 Å². The minimum Gasteiger partial charge on any atom is -0.388 e. The van der Waals surface area contributed by atoms with Crippen LogP contribution in [0, 0.1) is 0 Å². The third kappa shape index (κ3) is 3.77. The monoisotopic (exact) mass is 338 g/mol.